The first kappa shape index (κ1) is 25.6. The summed E-state index contributed by atoms with van der Waals surface area (Å²) < 4.78 is 58.5. The first-order chi connectivity index (χ1) is 16.1. The van der Waals surface area contributed by atoms with E-state index in [2.05, 4.69) is 26.0 Å². The summed E-state index contributed by atoms with van der Waals surface area (Å²) in [5.41, 5.74) is -1.37. The molecule has 1 aliphatic rings. The van der Waals surface area contributed by atoms with Crippen molar-refractivity contribution in [1.29, 1.82) is 5.26 Å². The van der Waals surface area contributed by atoms with Crippen molar-refractivity contribution < 1.29 is 36.9 Å². The average molecular weight is 543 g/mol. The van der Waals surface area contributed by atoms with E-state index in [-0.39, 0.29) is 18.5 Å². The van der Waals surface area contributed by atoms with Crippen molar-refractivity contribution in [3.05, 3.63) is 52.5 Å². The molecule has 1 N–H and O–H groups in total. The van der Waals surface area contributed by atoms with Crippen molar-refractivity contribution in [2.45, 2.75) is 44.4 Å². The molecule has 0 radical (unpaired) electrons. The third-order valence-electron chi connectivity index (χ3n) is 4.83. The second-order valence-electron chi connectivity index (χ2n) is 7.74. The van der Waals surface area contributed by atoms with Gasteiger partial charge in [-0.3, -0.25) is 4.79 Å². The Hall–Kier alpha value is -2.97. The second-order valence-corrected chi connectivity index (χ2v) is 8.53. The van der Waals surface area contributed by atoms with Crippen LogP contribution in [0.4, 0.5) is 13.2 Å². The molecule has 2 aromatic carbocycles. The Labute approximate surface area is 202 Å². The Kier molecular flexibility index (Phi) is 8.28. The largest absolute Gasteiger partial charge is 0.573 e. The van der Waals surface area contributed by atoms with Gasteiger partial charge in [0, 0.05) is 12.0 Å². The zero-order valence-electron chi connectivity index (χ0n) is 18.2. The lowest BCUT2D eigenvalue weighted by molar-refractivity contribution is -0.274. The Morgan fingerprint density at radius 2 is 1.91 bits per heavy atom. The third-order valence-corrected chi connectivity index (χ3v) is 5.61. The monoisotopic (exact) mass is 542 g/mol. The van der Waals surface area contributed by atoms with Crippen LogP contribution in [-0.4, -0.2) is 37.3 Å². The van der Waals surface area contributed by atoms with Crippen LogP contribution in [0.15, 0.2) is 46.9 Å². The quantitative estimate of drug-likeness (QED) is 0.484. The Morgan fingerprint density at radius 3 is 2.53 bits per heavy atom. The highest BCUT2D eigenvalue weighted by molar-refractivity contribution is 9.10. The maximum absolute atomic E-state index is 12.5. The number of carbonyl (C=O) groups is 1. The van der Waals surface area contributed by atoms with Gasteiger partial charge < -0.3 is 24.3 Å². The van der Waals surface area contributed by atoms with Gasteiger partial charge in [-0.1, -0.05) is 6.07 Å². The normalized spacial score (nSPS) is 17.7. The van der Waals surface area contributed by atoms with E-state index in [1.54, 1.807) is 18.2 Å². The molecule has 182 valence electrons. The van der Waals surface area contributed by atoms with Crippen molar-refractivity contribution in [2.75, 3.05) is 13.2 Å². The molecule has 0 aromatic heterocycles. The first-order valence-electron chi connectivity index (χ1n) is 10.4. The topological polar surface area (TPSA) is 89.8 Å². The van der Waals surface area contributed by atoms with Gasteiger partial charge in [0.05, 0.1) is 12.7 Å². The van der Waals surface area contributed by atoms with Gasteiger partial charge in [0.2, 0.25) is 0 Å². The maximum atomic E-state index is 12.5. The summed E-state index contributed by atoms with van der Waals surface area (Å²) in [6.45, 7) is 1.90. The smallest absolute Gasteiger partial charge is 0.489 e. The molecule has 1 fully saturated rings. The van der Waals surface area contributed by atoms with Gasteiger partial charge in [-0.15, -0.1) is 13.2 Å². The highest BCUT2D eigenvalue weighted by Gasteiger charge is 2.32. The third kappa shape index (κ3) is 7.27. The number of nitrogens with zero attached hydrogens (tertiary/aromatic N) is 1. The van der Waals surface area contributed by atoms with E-state index in [1.807, 2.05) is 6.07 Å². The fourth-order valence-electron chi connectivity index (χ4n) is 3.09. The minimum absolute atomic E-state index is 0.0556. The van der Waals surface area contributed by atoms with Gasteiger partial charge in [0.1, 0.15) is 28.3 Å². The van der Waals surface area contributed by atoms with Crippen LogP contribution in [0.2, 0.25) is 0 Å². The van der Waals surface area contributed by atoms with Gasteiger partial charge in [0.25, 0.3) is 5.91 Å². The summed E-state index contributed by atoms with van der Waals surface area (Å²) in [5.74, 6) is -0.191. The molecule has 1 heterocycles. The van der Waals surface area contributed by atoms with Gasteiger partial charge in [-0.05, 0) is 72.1 Å². The number of nitriles is 1. The molecule has 1 aliphatic heterocycles. The molecule has 1 saturated heterocycles. The summed E-state index contributed by atoms with van der Waals surface area (Å²) in [5, 5.41) is 12.2. The number of benzene rings is 2. The molecule has 2 aromatic rings. The van der Waals surface area contributed by atoms with Crippen LogP contribution < -0.4 is 19.5 Å². The van der Waals surface area contributed by atoms with Crippen molar-refractivity contribution in [2.24, 2.45) is 0 Å². The predicted molar refractivity (Wildman–Crippen MR) is 118 cm³/mol. The van der Waals surface area contributed by atoms with Crippen LogP contribution in [0.1, 0.15) is 36.5 Å². The fourth-order valence-corrected chi connectivity index (χ4v) is 3.56. The number of halogens is 4. The molecule has 0 aliphatic carbocycles. The van der Waals surface area contributed by atoms with Crippen LogP contribution in [0.25, 0.3) is 0 Å². The SMILES string of the molecule is C[C@](C#N)(COc1cccc(O[C@H]2CCCCO2)c1Br)NC(=O)c1ccc(OC(F)(F)F)cc1. The van der Waals surface area contributed by atoms with E-state index < -0.39 is 23.6 Å². The van der Waals surface area contributed by atoms with E-state index >= 15 is 0 Å². The summed E-state index contributed by atoms with van der Waals surface area (Å²) in [6, 6.07) is 11.5. The highest BCUT2D eigenvalue weighted by Crippen LogP contribution is 2.36. The van der Waals surface area contributed by atoms with Crippen molar-refractivity contribution in [3.8, 4) is 23.3 Å². The van der Waals surface area contributed by atoms with Gasteiger partial charge >= 0.3 is 6.36 Å². The molecule has 0 spiro atoms. The number of hydrogen-bond acceptors (Lipinski definition) is 6. The number of nitrogens with one attached hydrogen (secondary N) is 1. The molecule has 1 amide bonds. The minimum atomic E-state index is -4.83. The minimum Gasteiger partial charge on any atom is -0.489 e. The summed E-state index contributed by atoms with van der Waals surface area (Å²) in [6.07, 6.45) is -2.40. The maximum Gasteiger partial charge on any atom is 0.573 e. The zero-order chi connectivity index (χ0) is 24.8. The molecular weight excluding hydrogens is 521 g/mol. The molecule has 3 rings (SSSR count). The molecule has 0 saturated carbocycles. The first-order valence-corrected chi connectivity index (χ1v) is 11.2. The van der Waals surface area contributed by atoms with Crippen LogP contribution in [0, 0.1) is 11.3 Å². The number of hydrogen-bond donors (Lipinski definition) is 1. The lowest BCUT2D eigenvalue weighted by Crippen LogP contribution is -2.49. The summed E-state index contributed by atoms with van der Waals surface area (Å²) in [7, 11) is 0. The molecular formula is C23H22BrF3N2O5. The molecule has 34 heavy (non-hydrogen) atoms. The molecule has 0 unspecified atom stereocenters. The molecule has 7 nitrogen and oxygen atoms in total. The lowest BCUT2D eigenvalue weighted by Gasteiger charge is -2.26. The molecule has 11 heteroatoms. The van der Waals surface area contributed by atoms with Gasteiger partial charge in [-0.2, -0.15) is 5.26 Å². The lowest BCUT2D eigenvalue weighted by atomic mass is 10.1. The van der Waals surface area contributed by atoms with Crippen molar-refractivity contribution in [3.63, 3.8) is 0 Å². The summed E-state index contributed by atoms with van der Waals surface area (Å²) in [4.78, 5) is 12.5. The Morgan fingerprint density at radius 1 is 1.21 bits per heavy atom. The van der Waals surface area contributed by atoms with Crippen LogP contribution in [0.3, 0.4) is 0 Å². The van der Waals surface area contributed by atoms with Gasteiger partial charge in [-0.25, -0.2) is 0 Å². The average Bonchev–Trinajstić information content (AvgIpc) is 2.80. The summed E-state index contributed by atoms with van der Waals surface area (Å²) >= 11 is 3.45. The number of amides is 1. The van der Waals surface area contributed by atoms with E-state index in [4.69, 9.17) is 14.2 Å². The number of ether oxygens (including phenoxy) is 4. The number of alkyl halides is 3. The number of rotatable bonds is 8. The predicted octanol–water partition coefficient (Wildman–Crippen LogP) is 5.34. The second kappa shape index (κ2) is 11.0. The Bertz CT molecular complexity index is 1040. The number of carbonyl (C=O) groups excluding carboxylic acids is 1. The van der Waals surface area contributed by atoms with E-state index in [0.29, 0.717) is 22.6 Å². The zero-order valence-corrected chi connectivity index (χ0v) is 19.7. The van der Waals surface area contributed by atoms with Crippen LogP contribution in [0.5, 0.6) is 17.2 Å². The van der Waals surface area contributed by atoms with Crippen LogP contribution in [-0.2, 0) is 4.74 Å². The van der Waals surface area contributed by atoms with Gasteiger partial charge in [0.15, 0.2) is 11.8 Å². The fraction of sp³-hybridized carbons (Fsp3) is 0.391. The Balaban J connectivity index is 1.62. The van der Waals surface area contributed by atoms with E-state index in [0.717, 1.165) is 31.4 Å². The molecule has 0 bridgehead atoms. The van der Waals surface area contributed by atoms with E-state index in [9.17, 15) is 23.2 Å². The molecule has 2 atom stereocenters. The van der Waals surface area contributed by atoms with Crippen LogP contribution >= 0.6 is 15.9 Å². The highest BCUT2D eigenvalue weighted by atomic mass is 79.9. The van der Waals surface area contributed by atoms with E-state index in [1.165, 1.54) is 19.1 Å². The van der Waals surface area contributed by atoms with Crippen molar-refractivity contribution in [1.82, 2.24) is 5.32 Å². The standard InChI is InChI=1S/C23H22BrF3N2O5/c1-22(13-28,29-21(30)15-8-10-16(11-9-15)34-23(25,26)27)14-32-17-5-4-6-18(20(17)24)33-19-7-2-3-12-31-19/h4-6,8-11,19H,2-3,7,12,14H2,1H3,(H,29,30)/t19-,22-/m0/s1. The van der Waals surface area contributed by atoms with Crippen molar-refractivity contribution >= 4 is 21.8 Å².